The summed E-state index contributed by atoms with van der Waals surface area (Å²) in [6, 6.07) is -0.129. The molecule has 1 atom stereocenters. The molecular weight excluding hydrogens is 208 g/mol. The van der Waals surface area contributed by atoms with Crippen molar-refractivity contribution in [3.63, 3.8) is 0 Å². The maximum Gasteiger partial charge on any atom is 0.317 e. The molecule has 5 nitrogen and oxygen atoms in total. The lowest BCUT2D eigenvalue weighted by atomic mass is 10.0. The van der Waals surface area contributed by atoms with E-state index in [2.05, 4.69) is 12.2 Å². The Morgan fingerprint density at radius 1 is 1.38 bits per heavy atom. The summed E-state index contributed by atoms with van der Waals surface area (Å²) in [5.41, 5.74) is 0. The minimum absolute atomic E-state index is 0.0179. The first-order valence-corrected chi connectivity index (χ1v) is 5.84. The van der Waals surface area contributed by atoms with Crippen LogP contribution in [0.1, 0.15) is 32.6 Å². The number of rotatable bonds is 3. The second kappa shape index (κ2) is 6.35. The van der Waals surface area contributed by atoms with Crippen LogP contribution in [0.4, 0.5) is 4.79 Å². The third-order valence-corrected chi connectivity index (χ3v) is 2.92. The van der Waals surface area contributed by atoms with Gasteiger partial charge >= 0.3 is 12.0 Å². The van der Waals surface area contributed by atoms with E-state index in [4.69, 9.17) is 5.11 Å². The van der Waals surface area contributed by atoms with Crippen LogP contribution in [0.15, 0.2) is 0 Å². The van der Waals surface area contributed by atoms with Gasteiger partial charge in [-0.1, -0.05) is 6.92 Å². The van der Waals surface area contributed by atoms with E-state index < -0.39 is 5.97 Å². The fourth-order valence-corrected chi connectivity index (χ4v) is 1.85. The van der Waals surface area contributed by atoms with Crippen LogP contribution >= 0.6 is 0 Å². The number of hydrogen-bond donors (Lipinski definition) is 2. The van der Waals surface area contributed by atoms with Crippen molar-refractivity contribution in [2.45, 2.75) is 32.6 Å². The van der Waals surface area contributed by atoms with Crippen LogP contribution in [0.5, 0.6) is 0 Å². The van der Waals surface area contributed by atoms with Gasteiger partial charge in [0.25, 0.3) is 0 Å². The maximum absolute atomic E-state index is 11.7. The molecule has 1 fully saturated rings. The highest BCUT2D eigenvalue weighted by molar-refractivity contribution is 5.75. The number of hydrogen-bond acceptors (Lipinski definition) is 2. The van der Waals surface area contributed by atoms with E-state index in [-0.39, 0.29) is 19.0 Å². The molecule has 0 bridgehead atoms. The number of nitrogens with zero attached hydrogens (tertiary/aromatic N) is 1. The maximum atomic E-state index is 11.7. The van der Waals surface area contributed by atoms with Gasteiger partial charge in [0, 0.05) is 19.6 Å². The topological polar surface area (TPSA) is 69.6 Å². The number of carboxylic acid groups (broad SMARTS) is 1. The van der Waals surface area contributed by atoms with Crippen LogP contribution in [-0.2, 0) is 4.79 Å². The van der Waals surface area contributed by atoms with Crippen LogP contribution in [0.3, 0.4) is 0 Å². The van der Waals surface area contributed by atoms with Crippen LogP contribution in [0.25, 0.3) is 0 Å². The zero-order chi connectivity index (χ0) is 12.0. The van der Waals surface area contributed by atoms with Gasteiger partial charge in [-0.2, -0.15) is 0 Å². The van der Waals surface area contributed by atoms with Crippen molar-refractivity contribution in [3.05, 3.63) is 0 Å². The lowest BCUT2D eigenvalue weighted by Crippen LogP contribution is -2.41. The summed E-state index contributed by atoms with van der Waals surface area (Å²) in [6.45, 7) is 3.97. The summed E-state index contributed by atoms with van der Waals surface area (Å²) in [5.74, 6) is -0.207. The number of aliphatic carboxylic acids is 1. The fraction of sp³-hybridized carbons (Fsp3) is 0.818. The van der Waals surface area contributed by atoms with Crippen LogP contribution in [-0.4, -0.2) is 41.6 Å². The molecule has 92 valence electrons. The molecule has 0 aliphatic carbocycles. The number of amides is 2. The average molecular weight is 228 g/mol. The molecule has 1 aliphatic rings. The highest BCUT2D eigenvalue weighted by atomic mass is 16.4. The Labute approximate surface area is 95.8 Å². The standard InChI is InChI=1S/C11H20N2O3/c1-9-3-2-7-13(8-5-9)11(16)12-6-4-10(14)15/h9H,2-8H2,1H3,(H,12,16)(H,14,15). The Morgan fingerprint density at radius 2 is 2.12 bits per heavy atom. The lowest BCUT2D eigenvalue weighted by molar-refractivity contribution is -0.136. The molecule has 0 spiro atoms. The molecular formula is C11H20N2O3. The van der Waals surface area contributed by atoms with Gasteiger partial charge in [-0.25, -0.2) is 4.79 Å². The number of carboxylic acids is 1. The van der Waals surface area contributed by atoms with Crippen molar-refractivity contribution in [2.24, 2.45) is 5.92 Å². The summed E-state index contributed by atoms with van der Waals surface area (Å²) in [6.07, 6.45) is 3.22. The van der Waals surface area contributed by atoms with Crippen LogP contribution in [0.2, 0.25) is 0 Å². The molecule has 2 N–H and O–H groups in total. The predicted octanol–water partition coefficient (Wildman–Crippen LogP) is 1.29. The molecule has 1 aliphatic heterocycles. The summed E-state index contributed by atoms with van der Waals surface area (Å²) in [7, 11) is 0. The minimum Gasteiger partial charge on any atom is -0.481 e. The van der Waals surface area contributed by atoms with Crippen LogP contribution in [0, 0.1) is 5.92 Å². The second-order valence-corrected chi connectivity index (χ2v) is 4.40. The van der Waals surface area contributed by atoms with E-state index in [0.717, 1.165) is 25.9 Å². The zero-order valence-corrected chi connectivity index (χ0v) is 9.74. The Bertz CT molecular complexity index is 256. The summed E-state index contributed by atoms with van der Waals surface area (Å²) < 4.78 is 0. The van der Waals surface area contributed by atoms with Crippen LogP contribution < -0.4 is 5.32 Å². The minimum atomic E-state index is -0.884. The molecule has 16 heavy (non-hydrogen) atoms. The lowest BCUT2D eigenvalue weighted by Gasteiger charge is -2.20. The van der Waals surface area contributed by atoms with E-state index in [0.29, 0.717) is 5.92 Å². The molecule has 2 amide bonds. The number of carbonyl (C=O) groups is 2. The summed E-state index contributed by atoms with van der Waals surface area (Å²) in [4.78, 5) is 23.7. The second-order valence-electron chi connectivity index (χ2n) is 4.40. The zero-order valence-electron chi connectivity index (χ0n) is 9.74. The number of carbonyl (C=O) groups excluding carboxylic acids is 1. The molecule has 1 heterocycles. The molecule has 1 rings (SSSR count). The monoisotopic (exact) mass is 228 g/mol. The number of urea groups is 1. The van der Waals surface area contributed by atoms with Gasteiger partial charge in [0.1, 0.15) is 0 Å². The average Bonchev–Trinajstić information content (AvgIpc) is 2.42. The predicted molar refractivity (Wildman–Crippen MR) is 60.2 cm³/mol. The third-order valence-electron chi connectivity index (χ3n) is 2.92. The first-order valence-electron chi connectivity index (χ1n) is 5.84. The molecule has 0 radical (unpaired) electrons. The van der Waals surface area contributed by atoms with Crippen molar-refractivity contribution < 1.29 is 14.7 Å². The van der Waals surface area contributed by atoms with Crippen molar-refractivity contribution in [3.8, 4) is 0 Å². The van der Waals surface area contributed by atoms with Gasteiger partial charge in [-0.3, -0.25) is 4.79 Å². The van der Waals surface area contributed by atoms with E-state index in [1.54, 1.807) is 4.90 Å². The van der Waals surface area contributed by atoms with E-state index in [1.165, 1.54) is 6.42 Å². The highest BCUT2D eigenvalue weighted by Gasteiger charge is 2.17. The molecule has 1 saturated heterocycles. The van der Waals surface area contributed by atoms with E-state index >= 15 is 0 Å². The Kier molecular flexibility index (Phi) is 5.08. The Hall–Kier alpha value is -1.26. The van der Waals surface area contributed by atoms with Gasteiger partial charge in [-0.15, -0.1) is 0 Å². The molecule has 5 heteroatoms. The molecule has 0 saturated carbocycles. The Balaban J connectivity index is 2.27. The molecule has 0 aromatic rings. The first-order chi connectivity index (χ1) is 7.59. The van der Waals surface area contributed by atoms with Gasteiger partial charge in [0.2, 0.25) is 0 Å². The van der Waals surface area contributed by atoms with Gasteiger partial charge in [0.15, 0.2) is 0 Å². The van der Waals surface area contributed by atoms with Gasteiger partial charge < -0.3 is 15.3 Å². The fourth-order valence-electron chi connectivity index (χ4n) is 1.85. The molecule has 0 aromatic carbocycles. The summed E-state index contributed by atoms with van der Waals surface area (Å²) >= 11 is 0. The summed E-state index contributed by atoms with van der Waals surface area (Å²) in [5, 5.41) is 11.1. The first kappa shape index (κ1) is 12.8. The van der Waals surface area contributed by atoms with Crippen molar-refractivity contribution in [2.75, 3.05) is 19.6 Å². The quantitative estimate of drug-likeness (QED) is 0.764. The van der Waals surface area contributed by atoms with Crippen molar-refractivity contribution in [1.29, 1.82) is 0 Å². The van der Waals surface area contributed by atoms with Crippen molar-refractivity contribution in [1.82, 2.24) is 10.2 Å². The molecule has 1 unspecified atom stereocenters. The number of likely N-dealkylation sites (tertiary alicyclic amines) is 1. The number of nitrogens with one attached hydrogen (secondary N) is 1. The highest BCUT2D eigenvalue weighted by Crippen LogP contribution is 2.16. The Morgan fingerprint density at radius 3 is 2.81 bits per heavy atom. The SMILES string of the molecule is CC1CCCN(C(=O)NCCC(=O)O)CC1. The van der Waals surface area contributed by atoms with Gasteiger partial charge in [-0.05, 0) is 25.2 Å². The van der Waals surface area contributed by atoms with E-state index in [9.17, 15) is 9.59 Å². The third kappa shape index (κ3) is 4.51. The van der Waals surface area contributed by atoms with Gasteiger partial charge in [0.05, 0.1) is 6.42 Å². The van der Waals surface area contributed by atoms with Crippen molar-refractivity contribution >= 4 is 12.0 Å². The van der Waals surface area contributed by atoms with E-state index in [1.807, 2.05) is 0 Å². The normalized spacial score (nSPS) is 21.3. The molecule has 0 aromatic heterocycles. The smallest absolute Gasteiger partial charge is 0.317 e. The largest absolute Gasteiger partial charge is 0.481 e.